The van der Waals surface area contributed by atoms with Crippen LogP contribution in [0.25, 0.3) is 33.4 Å². The predicted octanol–water partition coefficient (Wildman–Crippen LogP) is 5.02. The van der Waals surface area contributed by atoms with E-state index in [1.165, 1.54) is 12.7 Å². The van der Waals surface area contributed by atoms with Crippen LogP contribution in [-0.2, 0) is 11.8 Å². The minimum atomic E-state index is -0.223. The zero-order chi connectivity index (χ0) is 26.3. The molecule has 1 aliphatic carbocycles. The molecule has 0 spiro atoms. The lowest BCUT2D eigenvalue weighted by atomic mass is 9.91. The second-order valence-electron chi connectivity index (χ2n) is 9.63. The van der Waals surface area contributed by atoms with Gasteiger partial charge in [-0.05, 0) is 61.6 Å². The minimum absolute atomic E-state index is 0.0321. The van der Waals surface area contributed by atoms with Gasteiger partial charge in [0.05, 0.1) is 11.1 Å². The van der Waals surface area contributed by atoms with Crippen LogP contribution < -0.4 is 11.1 Å². The third-order valence-corrected chi connectivity index (χ3v) is 7.16. The summed E-state index contributed by atoms with van der Waals surface area (Å²) in [6, 6.07) is 15.6. The van der Waals surface area contributed by atoms with Gasteiger partial charge < -0.3 is 20.5 Å². The summed E-state index contributed by atoms with van der Waals surface area (Å²) in [6.45, 7) is 5.35. The molecule has 4 aromatic rings. The Morgan fingerprint density at radius 1 is 1.05 bits per heavy atom. The van der Waals surface area contributed by atoms with E-state index in [9.17, 15) is 9.59 Å². The molecular formula is C29H30N6O2. The van der Waals surface area contributed by atoms with Crippen molar-refractivity contribution in [2.24, 2.45) is 7.05 Å². The van der Waals surface area contributed by atoms with Crippen molar-refractivity contribution in [3.05, 3.63) is 72.6 Å². The molecule has 2 amide bonds. The summed E-state index contributed by atoms with van der Waals surface area (Å²) in [6.07, 6.45) is 4.76. The SMILES string of the molecule is C=C(C)C(=O)Nc1ccc(-c2c(-c3ccc(C(=O)N(C)C4CCC4)cc3)c3c(N)ncnc3n2C)cc1. The topological polar surface area (TPSA) is 106 Å². The first-order valence-electron chi connectivity index (χ1n) is 12.3. The number of carbonyl (C=O) groups excluding carboxylic acids is 2. The van der Waals surface area contributed by atoms with Crippen molar-refractivity contribution < 1.29 is 9.59 Å². The van der Waals surface area contributed by atoms with E-state index in [0.29, 0.717) is 34.3 Å². The highest BCUT2D eigenvalue weighted by atomic mass is 16.2. The van der Waals surface area contributed by atoms with E-state index < -0.39 is 0 Å². The molecule has 0 radical (unpaired) electrons. The quantitative estimate of drug-likeness (QED) is 0.366. The van der Waals surface area contributed by atoms with Crippen molar-refractivity contribution in [1.82, 2.24) is 19.4 Å². The Balaban J connectivity index is 1.57. The van der Waals surface area contributed by atoms with E-state index in [4.69, 9.17) is 5.73 Å². The lowest BCUT2D eigenvalue weighted by molar-refractivity contribution is -0.112. The fourth-order valence-corrected chi connectivity index (χ4v) is 4.77. The van der Waals surface area contributed by atoms with Crippen molar-refractivity contribution in [3.8, 4) is 22.4 Å². The zero-order valence-electron chi connectivity index (χ0n) is 21.3. The summed E-state index contributed by atoms with van der Waals surface area (Å²) in [4.78, 5) is 35.6. The van der Waals surface area contributed by atoms with Gasteiger partial charge in [-0.1, -0.05) is 30.8 Å². The number of nitrogens with two attached hydrogens (primary N) is 1. The third kappa shape index (κ3) is 4.35. The molecule has 2 aromatic heterocycles. The molecule has 5 rings (SSSR count). The molecule has 188 valence electrons. The Labute approximate surface area is 215 Å². The second kappa shape index (κ2) is 9.54. The predicted molar refractivity (Wildman–Crippen MR) is 147 cm³/mol. The maximum Gasteiger partial charge on any atom is 0.253 e. The maximum atomic E-state index is 13.0. The normalized spacial score (nSPS) is 13.3. The van der Waals surface area contributed by atoms with Gasteiger partial charge in [0, 0.05) is 42.5 Å². The number of amides is 2. The van der Waals surface area contributed by atoms with Gasteiger partial charge in [-0.25, -0.2) is 9.97 Å². The second-order valence-corrected chi connectivity index (χ2v) is 9.63. The first-order chi connectivity index (χ1) is 17.8. The minimum Gasteiger partial charge on any atom is -0.383 e. The van der Waals surface area contributed by atoms with Crippen LogP contribution in [0.5, 0.6) is 0 Å². The van der Waals surface area contributed by atoms with Gasteiger partial charge >= 0.3 is 0 Å². The molecule has 37 heavy (non-hydrogen) atoms. The lowest BCUT2D eigenvalue weighted by Crippen LogP contribution is -2.41. The van der Waals surface area contributed by atoms with E-state index in [2.05, 4.69) is 21.9 Å². The number of benzene rings is 2. The van der Waals surface area contributed by atoms with Crippen LogP contribution in [0.3, 0.4) is 0 Å². The van der Waals surface area contributed by atoms with E-state index in [0.717, 1.165) is 40.6 Å². The highest BCUT2D eigenvalue weighted by Crippen LogP contribution is 2.41. The molecule has 0 unspecified atom stereocenters. The smallest absolute Gasteiger partial charge is 0.253 e. The Hall–Kier alpha value is -4.46. The van der Waals surface area contributed by atoms with Gasteiger partial charge in [0.2, 0.25) is 0 Å². The van der Waals surface area contributed by atoms with E-state index in [1.807, 2.05) is 72.1 Å². The standard InChI is InChI=1S/C29H30N6O2/c1-17(2)28(36)33-21-14-12-19(13-15-21)25-23(24-26(30)31-16-32-27(24)35(25)4)18-8-10-20(11-9-18)29(37)34(3)22-6-5-7-22/h8-16,22H,1,5-7H2,2-4H3,(H,33,36)(H2,30,31,32). The fourth-order valence-electron chi connectivity index (χ4n) is 4.77. The van der Waals surface area contributed by atoms with Crippen LogP contribution in [0.2, 0.25) is 0 Å². The first kappa shape index (κ1) is 24.2. The Bertz CT molecular complexity index is 1520. The van der Waals surface area contributed by atoms with Crippen LogP contribution in [0.1, 0.15) is 36.5 Å². The third-order valence-electron chi connectivity index (χ3n) is 7.16. The van der Waals surface area contributed by atoms with Crippen molar-refractivity contribution in [1.29, 1.82) is 0 Å². The Kier molecular flexibility index (Phi) is 6.25. The number of nitrogen functional groups attached to an aromatic ring is 1. The van der Waals surface area contributed by atoms with Crippen LogP contribution in [0.4, 0.5) is 11.5 Å². The molecule has 1 saturated carbocycles. The highest BCUT2D eigenvalue weighted by molar-refractivity contribution is 6.08. The molecule has 0 aliphatic heterocycles. The summed E-state index contributed by atoms with van der Waals surface area (Å²) in [5, 5.41) is 3.59. The molecule has 2 aromatic carbocycles. The lowest BCUT2D eigenvalue weighted by Gasteiger charge is -2.34. The molecule has 1 aliphatic rings. The maximum absolute atomic E-state index is 13.0. The van der Waals surface area contributed by atoms with Gasteiger partial charge in [-0.2, -0.15) is 0 Å². The number of fused-ring (bicyclic) bond motifs is 1. The number of carbonyl (C=O) groups is 2. The molecule has 8 nitrogen and oxygen atoms in total. The Morgan fingerprint density at radius 2 is 1.70 bits per heavy atom. The zero-order valence-corrected chi connectivity index (χ0v) is 21.3. The summed E-state index contributed by atoms with van der Waals surface area (Å²) < 4.78 is 1.99. The van der Waals surface area contributed by atoms with Crippen molar-refractivity contribution in [2.45, 2.75) is 32.2 Å². The average molecular weight is 495 g/mol. The number of hydrogen-bond donors (Lipinski definition) is 2. The van der Waals surface area contributed by atoms with Gasteiger partial charge in [-0.3, -0.25) is 9.59 Å². The fraction of sp³-hybridized carbons (Fsp3) is 0.241. The molecule has 1 fully saturated rings. The van der Waals surface area contributed by atoms with Gasteiger partial charge in [-0.15, -0.1) is 0 Å². The van der Waals surface area contributed by atoms with Crippen LogP contribution in [-0.4, -0.2) is 44.3 Å². The summed E-state index contributed by atoms with van der Waals surface area (Å²) >= 11 is 0. The van der Waals surface area contributed by atoms with Crippen molar-refractivity contribution in [2.75, 3.05) is 18.1 Å². The number of rotatable bonds is 6. The molecule has 0 bridgehead atoms. The summed E-state index contributed by atoms with van der Waals surface area (Å²) in [5.74, 6) is 0.195. The van der Waals surface area contributed by atoms with Crippen LogP contribution >= 0.6 is 0 Å². The molecule has 0 atom stereocenters. The van der Waals surface area contributed by atoms with E-state index in [1.54, 1.807) is 6.92 Å². The van der Waals surface area contributed by atoms with Gasteiger partial charge in [0.1, 0.15) is 17.8 Å². The van der Waals surface area contributed by atoms with E-state index >= 15 is 0 Å². The first-order valence-corrected chi connectivity index (χ1v) is 12.3. The number of nitrogens with one attached hydrogen (secondary N) is 1. The monoisotopic (exact) mass is 494 g/mol. The molecular weight excluding hydrogens is 464 g/mol. The largest absolute Gasteiger partial charge is 0.383 e. The van der Waals surface area contributed by atoms with Crippen molar-refractivity contribution in [3.63, 3.8) is 0 Å². The van der Waals surface area contributed by atoms with Crippen molar-refractivity contribution >= 4 is 34.4 Å². The van der Waals surface area contributed by atoms with Gasteiger partial charge in [0.25, 0.3) is 11.8 Å². The highest BCUT2D eigenvalue weighted by Gasteiger charge is 2.27. The summed E-state index contributed by atoms with van der Waals surface area (Å²) in [7, 11) is 3.82. The molecule has 0 saturated heterocycles. The molecule has 2 heterocycles. The number of aryl methyl sites for hydroxylation is 1. The number of hydrogen-bond acceptors (Lipinski definition) is 5. The van der Waals surface area contributed by atoms with Crippen LogP contribution in [0, 0.1) is 0 Å². The Morgan fingerprint density at radius 3 is 2.30 bits per heavy atom. The molecule has 8 heteroatoms. The van der Waals surface area contributed by atoms with Gasteiger partial charge in [0.15, 0.2) is 0 Å². The molecule has 3 N–H and O–H groups in total. The number of aromatic nitrogens is 3. The van der Waals surface area contributed by atoms with E-state index in [-0.39, 0.29) is 11.8 Å². The van der Waals surface area contributed by atoms with Crippen LogP contribution in [0.15, 0.2) is 67.0 Å². The summed E-state index contributed by atoms with van der Waals surface area (Å²) in [5.41, 5.74) is 12.5. The average Bonchev–Trinajstić information content (AvgIpc) is 3.16. The number of anilines is 2. The number of nitrogens with zero attached hydrogens (tertiary/aromatic N) is 4.